The molecule has 1 aliphatic rings. The number of nitrogens with zero attached hydrogens (tertiary/aromatic N) is 5. The van der Waals surface area contributed by atoms with Gasteiger partial charge in [-0.1, -0.05) is 42.5 Å². The Labute approximate surface area is 197 Å². The topological polar surface area (TPSA) is 62.2 Å². The molecule has 0 aliphatic carbocycles. The molecule has 3 heterocycles. The van der Waals surface area contributed by atoms with E-state index in [0.717, 1.165) is 38.6 Å². The zero-order valence-corrected chi connectivity index (χ0v) is 18.6. The number of rotatable bonds is 3. The van der Waals surface area contributed by atoms with Crippen LogP contribution >= 0.6 is 0 Å². The van der Waals surface area contributed by atoms with Crippen molar-refractivity contribution in [2.45, 2.75) is 0 Å². The fourth-order valence-electron chi connectivity index (χ4n) is 4.55. The number of fused-ring (bicyclic) bond motifs is 2. The highest BCUT2D eigenvalue weighted by Crippen LogP contribution is 2.28. The van der Waals surface area contributed by atoms with Gasteiger partial charge in [0.15, 0.2) is 5.82 Å². The highest BCUT2D eigenvalue weighted by molar-refractivity contribution is 5.99. The van der Waals surface area contributed by atoms with Gasteiger partial charge in [0.2, 0.25) is 0 Å². The van der Waals surface area contributed by atoms with E-state index in [1.54, 1.807) is 12.4 Å². The average Bonchev–Trinajstić information content (AvgIpc) is 2.92. The van der Waals surface area contributed by atoms with Crippen molar-refractivity contribution in [1.82, 2.24) is 19.9 Å². The number of amides is 1. The quantitative estimate of drug-likeness (QED) is 0.399. The minimum Gasteiger partial charge on any atom is -0.352 e. The lowest BCUT2D eigenvalue weighted by atomic mass is 10.1. The van der Waals surface area contributed by atoms with Gasteiger partial charge in [-0.3, -0.25) is 9.78 Å². The molecule has 2 aromatic heterocycles. The van der Waals surface area contributed by atoms with Crippen LogP contribution in [0.25, 0.3) is 33.1 Å². The minimum absolute atomic E-state index is 0.0778. The lowest BCUT2D eigenvalue weighted by Gasteiger charge is -2.36. The number of carbonyl (C=O) groups excluding carboxylic acids is 1. The van der Waals surface area contributed by atoms with Gasteiger partial charge in [0.05, 0.1) is 5.52 Å². The van der Waals surface area contributed by atoms with Crippen molar-refractivity contribution in [3.05, 3.63) is 96.8 Å². The predicted molar refractivity (Wildman–Crippen MR) is 135 cm³/mol. The van der Waals surface area contributed by atoms with Crippen molar-refractivity contribution in [2.75, 3.05) is 31.1 Å². The number of hydrogen-bond donors (Lipinski definition) is 0. The zero-order chi connectivity index (χ0) is 22.9. The van der Waals surface area contributed by atoms with Gasteiger partial charge in [0, 0.05) is 55.1 Å². The molecule has 1 saturated heterocycles. The molecule has 0 spiro atoms. The lowest BCUT2D eigenvalue weighted by molar-refractivity contribution is 0.0747. The molecule has 0 atom stereocenters. The number of hydrogen-bond acceptors (Lipinski definition) is 5. The van der Waals surface area contributed by atoms with E-state index in [2.05, 4.69) is 22.0 Å². The molecular weight excluding hydrogens is 422 g/mol. The van der Waals surface area contributed by atoms with Gasteiger partial charge < -0.3 is 9.80 Å². The fourth-order valence-corrected chi connectivity index (χ4v) is 4.55. The third kappa shape index (κ3) is 3.73. The number of pyridine rings is 1. The third-order valence-electron chi connectivity index (χ3n) is 6.37. The van der Waals surface area contributed by atoms with Gasteiger partial charge in [-0.05, 0) is 47.2 Å². The smallest absolute Gasteiger partial charge is 0.253 e. The van der Waals surface area contributed by atoms with Crippen LogP contribution in [0.5, 0.6) is 0 Å². The van der Waals surface area contributed by atoms with Gasteiger partial charge in [0.25, 0.3) is 5.91 Å². The Morgan fingerprint density at radius 1 is 0.765 bits per heavy atom. The molecular formula is C28H23N5O. The van der Waals surface area contributed by atoms with Gasteiger partial charge >= 0.3 is 0 Å². The molecule has 0 saturated carbocycles. The minimum atomic E-state index is 0.0778. The molecule has 0 radical (unpaired) electrons. The Morgan fingerprint density at radius 2 is 1.56 bits per heavy atom. The number of para-hydroxylation sites is 1. The normalized spacial score (nSPS) is 14.0. The summed E-state index contributed by atoms with van der Waals surface area (Å²) in [5, 5.41) is 3.25. The Kier molecular flexibility index (Phi) is 5.11. The first-order chi connectivity index (χ1) is 16.8. The van der Waals surface area contributed by atoms with E-state index >= 15 is 0 Å². The Morgan fingerprint density at radius 3 is 2.38 bits per heavy atom. The lowest BCUT2D eigenvalue weighted by Crippen LogP contribution is -2.49. The molecule has 1 aliphatic heterocycles. The second-order valence-electron chi connectivity index (χ2n) is 8.47. The van der Waals surface area contributed by atoms with E-state index in [0.29, 0.717) is 32.0 Å². The van der Waals surface area contributed by atoms with E-state index < -0.39 is 0 Å². The summed E-state index contributed by atoms with van der Waals surface area (Å²) in [6.45, 7) is 2.72. The van der Waals surface area contributed by atoms with Crippen LogP contribution in [-0.4, -0.2) is 51.9 Å². The van der Waals surface area contributed by atoms with Crippen molar-refractivity contribution < 1.29 is 4.79 Å². The molecule has 6 heteroatoms. The molecule has 3 aromatic carbocycles. The van der Waals surface area contributed by atoms with Crippen molar-refractivity contribution in [2.24, 2.45) is 0 Å². The monoisotopic (exact) mass is 445 g/mol. The summed E-state index contributed by atoms with van der Waals surface area (Å²) in [4.78, 5) is 31.3. The van der Waals surface area contributed by atoms with E-state index in [1.165, 1.54) is 0 Å². The molecule has 166 valence electrons. The summed E-state index contributed by atoms with van der Waals surface area (Å²) in [6.07, 6.45) is 3.53. The van der Waals surface area contributed by atoms with Gasteiger partial charge in [-0.15, -0.1) is 0 Å². The molecule has 0 unspecified atom stereocenters. The van der Waals surface area contributed by atoms with E-state index in [1.807, 2.05) is 71.6 Å². The largest absolute Gasteiger partial charge is 0.352 e. The second kappa shape index (κ2) is 8.56. The van der Waals surface area contributed by atoms with Crippen molar-refractivity contribution >= 4 is 33.4 Å². The summed E-state index contributed by atoms with van der Waals surface area (Å²) in [6, 6.07) is 26.0. The summed E-state index contributed by atoms with van der Waals surface area (Å²) < 4.78 is 0. The maximum Gasteiger partial charge on any atom is 0.253 e. The first-order valence-electron chi connectivity index (χ1n) is 11.5. The van der Waals surface area contributed by atoms with Crippen molar-refractivity contribution in [3.8, 4) is 11.4 Å². The average molecular weight is 446 g/mol. The van der Waals surface area contributed by atoms with Crippen LogP contribution in [0, 0.1) is 0 Å². The third-order valence-corrected chi connectivity index (χ3v) is 6.37. The van der Waals surface area contributed by atoms with E-state index in [9.17, 15) is 4.79 Å². The Bertz CT molecular complexity index is 1490. The Hall–Kier alpha value is -4.32. The van der Waals surface area contributed by atoms with Crippen LogP contribution in [0.1, 0.15) is 10.4 Å². The molecule has 6 nitrogen and oxygen atoms in total. The summed E-state index contributed by atoms with van der Waals surface area (Å²) in [7, 11) is 0. The zero-order valence-electron chi connectivity index (χ0n) is 18.6. The van der Waals surface area contributed by atoms with Crippen LogP contribution in [0.15, 0.2) is 91.3 Å². The van der Waals surface area contributed by atoms with Crippen LogP contribution in [0.4, 0.5) is 5.82 Å². The van der Waals surface area contributed by atoms with Gasteiger partial charge in [-0.25, -0.2) is 9.97 Å². The maximum atomic E-state index is 13.2. The summed E-state index contributed by atoms with van der Waals surface area (Å²) in [5.74, 6) is 1.65. The van der Waals surface area contributed by atoms with Crippen molar-refractivity contribution in [1.29, 1.82) is 0 Å². The highest BCUT2D eigenvalue weighted by atomic mass is 16.2. The predicted octanol–water partition coefficient (Wildman–Crippen LogP) is 4.81. The number of benzene rings is 3. The molecule has 34 heavy (non-hydrogen) atoms. The first-order valence-corrected chi connectivity index (χ1v) is 11.5. The van der Waals surface area contributed by atoms with Crippen LogP contribution in [0.2, 0.25) is 0 Å². The van der Waals surface area contributed by atoms with E-state index in [4.69, 9.17) is 9.97 Å². The van der Waals surface area contributed by atoms with Crippen LogP contribution in [-0.2, 0) is 0 Å². The summed E-state index contributed by atoms with van der Waals surface area (Å²) in [5.41, 5.74) is 2.53. The number of carbonyl (C=O) groups is 1. The molecule has 0 bridgehead atoms. The molecule has 1 fully saturated rings. The molecule has 5 aromatic rings. The Balaban J connectivity index is 1.26. The standard InChI is InChI=1S/C28H23N5O/c34-28(22-12-11-20-6-1-2-7-21(20)18-22)33-16-14-32(15-17-33)27-24-9-3-4-10-25(24)30-26(31-27)23-8-5-13-29-19-23/h1-13,18-19H,14-17H2. The van der Waals surface area contributed by atoms with Crippen molar-refractivity contribution in [3.63, 3.8) is 0 Å². The van der Waals surface area contributed by atoms with Gasteiger partial charge in [0.1, 0.15) is 5.82 Å². The van der Waals surface area contributed by atoms with Gasteiger partial charge in [-0.2, -0.15) is 0 Å². The SMILES string of the molecule is O=C(c1ccc2ccccc2c1)N1CCN(c2nc(-c3cccnc3)nc3ccccc23)CC1. The summed E-state index contributed by atoms with van der Waals surface area (Å²) >= 11 is 0. The van der Waals surface area contributed by atoms with Crippen LogP contribution < -0.4 is 4.90 Å². The molecule has 1 amide bonds. The highest BCUT2D eigenvalue weighted by Gasteiger charge is 2.25. The fraction of sp³-hybridized carbons (Fsp3) is 0.143. The van der Waals surface area contributed by atoms with E-state index in [-0.39, 0.29) is 5.91 Å². The number of piperazine rings is 1. The molecule has 0 N–H and O–H groups in total. The maximum absolute atomic E-state index is 13.2. The first kappa shape index (κ1) is 20.3. The number of aromatic nitrogens is 3. The number of anilines is 1. The van der Waals surface area contributed by atoms with Crippen LogP contribution in [0.3, 0.4) is 0 Å². The second-order valence-corrected chi connectivity index (χ2v) is 8.47. The molecule has 6 rings (SSSR count).